The van der Waals surface area contributed by atoms with E-state index >= 15 is 0 Å². The summed E-state index contributed by atoms with van der Waals surface area (Å²) < 4.78 is 27.6. The predicted octanol–water partition coefficient (Wildman–Crippen LogP) is 5.72. The lowest BCUT2D eigenvalue weighted by molar-refractivity contribution is 0.0517. The van der Waals surface area contributed by atoms with Crippen LogP contribution in [-0.2, 0) is 9.47 Å². The van der Waals surface area contributed by atoms with Crippen LogP contribution in [0.25, 0.3) is 33.3 Å². The summed E-state index contributed by atoms with van der Waals surface area (Å²) in [6.45, 7) is 8.52. The number of benzene rings is 1. The van der Waals surface area contributed by atoms with Crippen LogP contribution in [-0.4, -0.2) is 68.5 Å². The third kappa shape index (κ3) is 5.82. The van der Waals surface area contributed by atoms with Crippen molar-refractivity contribution in [2.75, 3.05) is 26.6 Å². The standard InChI is InChI=1S/C21H21N3O5.C10H10ClN3O2/c1-3-26-21(25)15-11(2)24-19-17(15)22-9-23-18(19)16-13(27-8-12-4-5-12)6-7-14-20(16)29-10-28-14;1-3-16-10(15)6-5(2)14-8-7(6)12-4-13-9(8)11/h6-7,9,12,24H,3-5,8,10H2,1-2H3;4,14H,3H2,1-2H3. The second kappa shape index (κ2) is 12.6. The number of carbonyl (C=O) groups excluding carboxylic acids is 2. The number of aromatic amines is 2. The number of H-pyrrole nitrogens is 2. The number of fused-ring (bicyclic) bond motifs is 3. The van der Waals surface area contributed by atoms with Crippen molar-refractivity contribution in [3.63, 3.8) is 0 Å². The fraction of sp³-hybridized carbons (Fsp3) is 0.355. The maximum atomic E-state index is 12.5. The molecule has 2 aliphatic rings. The number of carbonyl (C=O) groups is 2. The molecule has 0 unspecified atom stereocenters. The van der Waals surface area contributed by atoms with E-state index in [0.717, 1.165) is 0 Å². The molecule has 1 aliphatic carbocycles. The molecule has 5 heterocycles. The highest BCUT2D eigenvalue weighted by molar-refractivity contribution is 6.34. The Morgan fingerprint density at radius 3 is 2.16 bits per heavy atom. The number of esters is 2. The van der Waals surface area contributed by atoms with Gasteiger partial charge in [-0.1, -0.05) is 11.6 Å². The van der Waals surface area contributed by atoms with Gasteiger partial charge in [-0.25, -0.2) is 29.5 Å². The van der Waals surface area contributed by atoms with Gasteiger partial charge in [0.1, 0.15) is 51.8 Å². The summed E-state index contributed by atoms with van der Waals surface area (Å²) in [5, 5.41) is 0.295. The molecule has 0 radical (unpaired) electrons. The van der Waals surface area contributed by atoms with Gasteiger partial charge in [0.15, 0.2) is 16.7 Å². The van der Waals surface area contributed by atoms with E-state index in [4.69, 9.17) is 35.3 Å². The van der Waals surface area contributed by atoms with E-state index in [0.29, 0.717) is 104 Å². The van der Waals surface area contributed by atoms with Gasteiger partial charge in [-0.3, -0.25) is 0 Å². The fourth-order valence-corrected chi connectivity index (χ4v) is 5.28. The maximum Gasteiger partial charge on any atom is 0.342 e. The van der Waals surface area contributed by atoms with E-state index in [2.05, 4.69) is 29.9 Å². The molecule has 5 aromatic rings. The first-order valence-electron chi connectivity index (χ1n) is 14.5. The Kier molecular flexibility index (Phi) is 8.44. The Morgan fingerprint density at radius 1 is 0.889 bits per heavy atom. The summed E-state index contributed by atoms with van der Waals surface area (Å²) in [6.07, 6.45) is 5.14. The van der Waals surface area contributed by atoms with E-state index in [-0.39, 0.29) is 6.79 Å². The number of aromatic nitrogens is 6. The summed E-state index contributed by atoms with van der Waals surface area (Å²) in [5.41, 5.74) is 5.68. The number of ether oxygens (including phenoxy) is 5. The summed E-state index contributed by atoms with van der Waals surface area (Å²) in [4.78, 5) is 47.1. The minimum absolute atomic E-state index is 0.139. The molecule has 1 aliphatic heterocycles. The molecule has 234 valence electrons. The highest BCUT2D eigenvalue weighted by atomic mass is 35.5. The SMILES string of the molecule is CCOC(=O)c1c(C)[nH]c2c(-c3c(OCC4CC4)ccc4c3OCO4)ncnc12.CCOC(=O)c1c(C)[nH]c2c(Cl)ncnc12. The van der Waals surface area contributed by atoms with Crippen LogP contribution in [0.5, 0.6) is 17.2 Å². The van der Waals surface area contributed by atoms with Gasteiger partial charge in [0.25, 0.3) is 0 Å². The van der Waals surface area contributed by atoms with Crippen LogP contribution in [0, 0.1) is 19.8 Å². The third-order valence-corrected chi connectivity index (χ3v) is 7.65. The zero-order valence-corrected chi connectivity index (χ0v) is 25.9. The van der Waals surface area contributed by atoms with Gasteiger partial charge >= 0.3 is 11.9 Å². The van der Waals surface area contributed by atoms with Crippen molar-refractivity contribution in [2.45, 2.75) is 40.5 Å². The smallest absolute Gasteiger partial charge is 0.342 e. The van der Waals surface area contributed by atoms with Gasteiger partial charge < -0.3 is 33.7 Å². The quantitative estimate of drug-likeness (QED) is 0.158. The molecule has 1 fully saturated rings. The lowest BCUT2D eigenvalue weighted by Crippen LogP contribution is -2.06. The number of hydrogen-bond donors (Lipinski definition) is 2. The highest BCUT2D eigenvalue weighted by Crippen LogP contribution is 2.48. The van der Waals surface area contributed by atoms with Gasteiger partial charge in [-0.2, -0.15) is 0 Å². The van der Waals surface area contributed by atoms with E-state index < -0.39 is 11.9 Å². The Bertz CT molecular complexity index is 1920. The van der Waals surface area contributed by atoms with E-state index in [1.165, 1.54) is 25.5 Å². The molecule has 1 aromatic carbocycles. The van der Waals surface area contributed by atoms with Gasteiger partial charge in [-0.15, -0.1) is 0 Å². The minimum atomic E-state index is -0.413. The van der Waals surface area contributed by atoms with Crippen molar-refractivity contribution < 1.29 is 33.3 Å². The molecule has 0 saturated heterocycles. The van der Waals surface area contributed by atoms with Crippen LogP contribution in [0.2, 0.25) is 5.15 Å². The summed E-state index contributed by atoms with van der Waals surface area (Å²) in [6, 6.07) is 3.72. The van der Waals surface area contributed by atoms with Crippen molar-refractivity contribution >= 4 is 45.6 Å². The van der Waals surface area contributed by atoms with Crippen LogP contribution >= 0.6 is 11.6 Å². The highest BCUT2D eigenvalue weighted by Gasteiger charge is 2.30. The van der Waals surface area contributed by atoms with Gasteiger partial charge in [0.2, 0.25) is 6.79 Å². The number of hydrogen-bond acceptors (Lipinski definition) is 11. The normalized spacial score (nSPS) is 13.4. The fourth-order valence-electron chi connectivity index (χ4n) is 5.10. The van der Waals surface area contributed by atoms with Crippen molar-refractivity contribution in [3.05, 3.63) is 52.5 Å². The molecular formula is C31H31ClN6O7. The number of halogens is 1. The Hall–Kier alpha value is -4.91. The number of nitrogens with zero attached hydrogens (tertiary/aromatic N) is 4. The molecule has 0 atom stereocenters. The lowest BCUT2D eigenvalue weighted by Gasteiger charge is -2.13. The Morgan fingerprint density at radius 2 is 1.51 bits per heavy atom. The molecule has 13 nitrogen and oxygen atoms in total. The first-order chi connectivity index (χ1) is 21.8. The van der Waals surface area contributed by atoms with Crippen molar-refractivity contribution in [3.8, 4) is 28.5 Å². The monoisotopic (exact) mass is 634 g/mol. The summed E-state index contributed by atoms with van der Waals surface area (Å²) in [7, 11) is 0. The zero-order chi connectivity index (χ0) is 31.7. The topological polar surface area (TPSA) is 163 Å². The molecule has 45 heavy (non-hydrogen) atoms. The molecule has 1 saturated carbocycles. The van der Waals surface area contributed by atoms with Crippen molar-refractivity contribution in [1.82, 2.24) is 29.9 Å². The Balaban J connectivity index is 0.000000189. The third-order valence-electron chi connectivity index (χ3n) is 7.37. The van der Waals surface area contributed by atoms with Crippen LogP contribution in [0.15, 0.2) is 24.8 Å². The molecule has 0 amide bonds. The van der Waals surface area contributed by atoms with Gasteiger partial charge in [0, 0.05) is 11.4 Å². The largest absolute Gasteiger partial charge is 0.492 e. The van der Waals surface area contributed by atoms with Crippen LogP contribution in [0.3, 0.4) is 0 Å². The summed E-state index contributed by atoms with van der Waals surface area (Å²) >= 11 is 5.89. The average Bonchev–Trinajstić information content (AvgIpc) is 3.43. The molecule has 0 bridgehead atoms. The molecular weight excluding hydrogens is 604 g/mol. The van der Waals surface area contributed by atoms with E-state index in [1.807, 2.05) is 19.1 Å². The molecule has 2 N–H and O–H groups in total. The van der Waals surface area contributed by atoms with E-state index in [9.17, 15) is 9.59 Å². The zero-order valence-electron chi connectivity index (χ0n) is 25.2. The van der Waals surface area contributed by atoms with Crippen LogP contribution < -0.4 is 14.2 Å². The van der Waals surface area contributed by atoms with E-state index in [1.54, 1.807) is 20.8 Å². The van der Waals surface area contributed by atoms with Crippen LogP contribution in [0.4, 0.5) is 0 Å². The second-order valence-corrected chi connectivity index (χ2v) is 10.8. The minimum Gasteiger partial charge on any atom is -0.492 e. The second-order valence-electron chi connectivity index (χ2n) is 10.5. The van der Waals surface area contributed by atoms with Crippen molar-refractivity contribution in [2.24, 2.45) is 5.92 Å². The lowest BCUT2D eigenvalue weighted by atomic mass is 10.1. The molecule has 14 heteroatoms. The number of rotatable bonds is 8. The first kappa shape index (κ1) is 30.1. The molecule has 7 rings (SSSR count). The number of nitrogens with one attached hydrogen (secondary N) is 2. The maximum absolute atomic E-state index is 12.5. The molecule has 4 aromatic heterocycles. The van der Waals surface area contributed by atoms with Gasteiger partial charge in [-0.05, 0) is 58.6 Å². The summed E-state index contributed by atoms with van der Waals surface area (Å²) in [5.74, 6) is 1.68. The van der Waals surface area contributed by atoms with Crippen molar-refractivity contribution in [1.29, 1.82) is 0 Å². The molecule has 0 spiro atoms. The first-order valence-corrected chi connectivity index (χ1v) is 14.9. The number of aryl methyl sites for hydroxylation is 2. The predicted molar refractivity (Wildman–Crippen MR) is 164 cm³/mol. The Labute approximate surface area is 262 Å². The van der Waals surface area contributed by atoms with Crippen LogP contribution in [0.1, 0.15) is 58.8 Å². The average molecular weight is 635 g/mol. The van der Waals surface area contributed by atoms with Gasteiger partial charge in [0.05, 0.1) is 30.9 Å².